The molecule has 0 spiro atoms. The summed E-state index contributed by atoms with van der Waals surface area (Å²) in [6.07, 6.45) is 0.208. The van der Waals surface area contributed by atoms with Gasteiger partial charge in [-0.15, -0.1) is 0 Å². The van der Waals surface area contributed by atoms with Crippen LogP contribution in [0.5, 0.6) is 5.75 Å². The largest absolute Gasteiger partial charge is 0.484 e. The van der Waals surface area contributed by atoms with Gasteiger partial charge >= 0.3 is 0 Å². The van der Waals surface area contributed by atoms with Crippen molar-refractivity contribution in [1.82, 2.24) is 10.9 Å². The number of carbonyl (C=O) groups excluding carboxylic acids is 2. The second kappa shape index (κ2) is 8.49. The first-order valence-corrected chi connectivity index (χ1v) is 8.26. The molecule has 2 N–H and O–H groups in total. The zero-order chi connectivity index (χ0) is 17.5. The molecular formula is C18H19BrN2O3. The van der Waals surface area contributed by atoms with E-state index in [9.17, 15) is 9.59 Å². The van der Waals surface area contributed by atoms with Crippen LogP contribution < -0.4 is 15.6 Å². The highest BCUT2D eigenvalue weighted by atomic mass is 79.9. The SMILES string of the molecule is Cc1cc(OCC(=O)NNC(=O)Cc2ccccc2C)ccc1Br. The van der Waals surface area contributed by atoms with Crippen molar-refractivity contribution in [3.63, 3.8) is 0 Å². The standard InChI is InChI=1S/C18H19BrN2O3/c1-12-5-3-4-6-14(12)10-17(22)20-21-18(23)11-24-15-7-8-16(19)13(2)9-15/h3-9H,10-11H2,1-2H3,(H,20,22)(H,21,23). The van der Waals surface area contributed by atoms with Crippen LogP contribution in [-0.4, -0.2) is 18.4 Å². The second-order valence-electron chi connectivity index (χ2n) is 5.40. The Labute approximate surface area is 149 Å². The fourth-order valence-corrected chi connectivity index (χ4v) is 2.30. The number of nitrogens with one attached hydrogen (secondary N) is 2. The van der Waals surface area contributed by atoms with Crippen molar-refractivity contribution in [3.05, 3.63) is 63.6 Å². The predicted molar refractivity (Wildman–Crippen MR) is 95.5 cm³/mol. The number of rotatable bonds is 5. The molecule has 0 aliphatic heterocycles. The Balaban J connectivity index is 1.75. The van der Waals surface area contributed by atoms with Gasteiger partial charge in [-0.3, -0.25) is 20.4 Å². The van der Waals surface area contributed by atoms with E-state index in [1.165, 1.54) is 0 Å². The molecule has 2 aromatic rings. The van der Waals surface area contributed by atoms with Crippen molar-refractivity contribution in [2.75, 3.05) is 6.61 Å². The summed E-state index contributed by atoms with van der Waals surface area (Å²) in [7, 11) is 0. The summed E-state index contributed by atoms with van der Waals surface area (Å²) < 4.78 is 6.36. The van der Waals surface area contributed by atoms with Crippen LogP contribution in [0.3, 0.4) is 0 Å². The van der Waals surface area contributed by atoms with Crippen LogP contribution in [-0.2, 0) is 16.0 Å². The number of hydrazine groups is 1. The van der Waals surface area contributed by atoms with Crippen molar-refractivity contribution in [2.24, 2.45) is 0 Å². The monoisotopic (exact) mass is 390 g/mol. The number of carbonyl (C=O) groups is 2. The molecule has 0 saturated heterocycles. The van der Waals surface area contributed by atoms with Gasteiger partial charge in [0.2, 0.25) is 5.91 Å². The van der Waals surface area contributed by atoms with Crippen LogP contribution in [0.4, 0.5) is 0 Å². The number of hydrogen-bond donors (Lipinski definition) is 2. The van der Waals surface area contributed by atoms with Crippen molar-refractivity contribution in [3.8, 4) is 5.75 Å². The molecule has 5 nitrogen and oxygen atoms in total. The van der Waals surface area contributed by atoms with Crippen LogP contribution >= 0.6 is 15.9 Å². The molecule has 0 aliphatic rings. The Hall–Kier alpha value is -2.34. The molecule has 0 aliphatic carbocycles. The minimum atomic E-state index is -0.422. The lowest BCUT2D eigenvalue weighted by molar-refractivity contribution is -0.129. The van der Waals surface area contributed by atoms with Crippen LogP contribution in [0.2, 0.25) is 0 Å². The van der Waals surface area contributed by atoms with Crippen LogP contribution in [0.25, 0.3) is 0 Å². The first-order chi connectivity index (χ1) is 11.5. The summed E-state index contributed by atoms with van der Waals surface area (Å²) in [6.45, 7) is 3.70. The van der Waals surface area contributed by atoms with Crippen LogP contribution in [0, 0.1) is 13.8 Å². The van der Waals surface area contributed by atoms with E-state index in [4.69, 9.17) is 4.74 Å². The van der Waals surface area contributed by atoms with E-state index in [0.717, 1.165) is 21.2 Å². The third-order valence-electron chi connectivity index (χ3n) is 3.45. The maximum atomic E-state index is 11.9. The maximum absolute atomic E-state index is 11.9. The van der Waals surface area contributed by atoms with Crippen molar-refractivity contribution >= 4 is 27.7 Å². The molecule has 6 heteroatoms. The van der Waals surface area contributed by atoms with E-state index >= 15 is 0 Å². The predicted octanol–water partition coefficient (Wildman–Crippen LogP) is 2.83. The third kappa shape index (κ3) is 5.38. The first kappa shape index (κ1) is 18.0. The average molecular weight is 391 g/mol. The molecule has 0 radical (unpaired) electrons. The van der Waals surface area contributed by atoms with Gasteiger partial charge < -0.3 is 4.74 Å². The first-order valence-electron chi connectivity index (χ1n) is 7.47. The van der Waals surface area contributed by atoms with Crippen molar-refractivity contribution < 1.29 is 14.3 Å². The Bertz CT molecular complexity index is 747. The molecule has 2 rings (SSSR count). The van der Waals surface area contributed by atoms with Crippen LogP contribution in [0.15, 0.2) is 46.9 Å². The average Bonchev–Trinajstić information content (AvgIpc) is 2.56. The molecule has 0 saturated carbocycles. The lowest BCUT2D eigenvalue weighted by atomic mass is 10.1. The molecule has 2 amide bonds. The van der Waals surface area contributed by atoms with E-state index in [-0.39, 0.29) is 18.9 Å². The Kier molecular flexibility index (Phi) is 6.37. The quantitative estimate of drug-likeness (QED) is 0.771. The molecule has 2 aromatic carbocycles. The fraction of sp³-hybridized carbons (Fsp3) is 0.222. The zero-order valence-electron chi connectivity index (χ0n) is 13.6. The van der Waals surface area contributed by atoms with Crippen molar-refractivity contribution in [1.29, 1.82) is 0 Å². The van der Waals surface area contributed by atoms with Gasteiger partial charge in [0.25, 0.3) is 5.91 Å². The van der Waals surface area contributed by atoms with Gasteiger partial charge in [0.05, 0.1) is 6.42 Å². The van der Waals surface area contributed by atoms with Gasteiger partial charge in [0.1, 0.15) is 5.75 Å². The minimum absolute atomic E-state index is 0.175. The number of ether oxygens (including phenoxy) is 1. The van der Waals surface area contributed by atoms with Crippen LogP contribution in [0.1, 0.15) is 16.7 Å². The molecule has 0 heterocycles. The molecule has 126 valence electrons. The number of hydrogen-bond acceptors (Lipinski definition) is 3. The van der Waals surface area contributed by atoms with E-state index in [1.54, 1.807) is 6.07 Å². The van der Waals surface area contributed by atoms with Gasteiger partial charge in [-0.25, -0.2) is 0 Å². The lowest BCUT2D eigenvalue weighted by Crippen LogP contribution is -2.44. The molecule has 0 unspecified atom stereocenters. The smallest absolute Gasteiger partial charge is 0.276 e. The zero-order valence-corrected chi connectivity index (χ0v) is 15.1. The van der Waals surface area contributed by atoms with Gasteiger partial charge in [-0.2, -0.15) is 0 Å². The summed E-state index contributed by atoms with van der Waals surface area (Å²) >= 11 is 3.40. The summed E-state index contributed by atoms with van der Waals surface area (Å²) in [4.78, 5) is 23.6. The summed E-state index contributed by atoms with van der Waals surface area (Å²) in [5, 5.41) is 0. The van der Waals surface area contributed by atoms with Gasteiger partial charge in [-0.05, 0) is 48.7 Å². The summed E-state index contributed by atoms with van der Waals surface area (Å²) in [5.74, 6) is -0.108. The van der Waals surface area contributed by atoms with Gasteiger partial charge in [-0.1, -0.05) is 40.2 Å². The lowest BCUT2D eigenvalue weighted by Gasteiger charge is -2.10. The fourth-order valence-electron chi connectivity index (χ4n) is 2.06. The Morgan fingerprint density at radius 2 is 1.71 bits per heavy atom. The molecule has 0 atom stereocenters. The number of benzene rings is 2. The highest BCUT2D eigenvalue weighted by Crippen LogP contribution is 2.21. The van der Waals surface area contributed by atoms with E-state index in [0.29, 0.717) is 5.75 Å². The van der Waals surface area contributed by atoms with Gasteiger partial charge in [0, 0.05) is 4.47 Å². The molecule has 24 heavy (non-hydrogen) atoms. The summed E-state index contributed by atoms with van der Waals surface area (Å²) in [6, 6.07) is 13.1. The molecule has 0 bridgehead atoms. The summed E-state index contributed by atoms with van der Waals surface area (Å²) in [5.41, 5.74) is 7.71. The normalized spacial score (nSPS) is 10.1. The van der Waals surface area contributed by atoms with E-state index in [2.05, 4.69) is 26.8 Å². The second-order valence-corrected chi connectivity index (χ2v) is 6.25. The van der Waals surface area contributed by atoms with Gasteiger partial charge in [0.15, 0.2) is 6.61 Å². The van der Waals surface area contributed by atoms with E-state index < -0.39 is 5.91 Å². The maximum Gasteiger partial charge on any atom is 0.276 e. The molecule has 0 fully saturated rings. The third-order valence-corrected chi connectivity index (χ3v) is 4.34. The Morgan fingerprint density at radius 1 is 1.00 bits per heavy atom. The number of aryl methyl sites for hydroxylation is 2. The topological polar surface area (TPSA) is 67.4 Å². The highest BCUT2D eigenvalue weighted by molar-refractivity contribution is 9.10. The molecule has 0 aromatic heterocycles. The Morgan fingerprint density at radius 3 is 2.42 bits per heavy atom. The minimum Gasteiger partial charge on any atom is -0.484 e. The van der Waals surface area contributed by atoms with E-state index in [1.807, 2.05) is 50.2 Å². The molecular weight excluding hydrogens is 372 g/mol. The number of amides is 2. The number of halogens is 1. The van der Waals surface area contributed by atoms with Crippen molar-refractivity contribution in [2.45, 2.75) is 20.3 Å². The highest BCUT2D eigenvalue weighted by Gasteiger charge is 2.08.